The number of benzene rings is 1. The molecule has 1 amide bonds. The number of halogens is 2. The molecule has 1 aliphatic heterocycles. The maximum absolute atomic E-state index is 13.1. The van der Waals surface area contributed by atoms with E-state index in [-0.39, 0.29) is 11.7 Å². The van der Waals surface area contributed by atoms with Crippen LogP contribution in [-0.4, -0.2) is 32.0 Å². The summed E-state index contributed by atoms with van der Waals surface area (Å²) in [6, 6.07) is 7.19. The molecule has 3 aromatic rings. The second-order valence-corrected chi connectivity index (χ2v) is 6.62. The molecule has 8 heteroatoms. The lowest BCUT2D eigenvalue weighted by atomic mass is 10.0. The van der Waals surface area contributed by atoms with Crippen molar-refractivity contribution in [2.24, 2.45) is 0 Å². The van der Waals surface area contributed by atoms with Crippen LogP contribution in [0, 0.1) is 12.7 Å². The van der Waals surface area contributed by atoms with Gasteiger partial charge in [-0.15, -0.1) is 0 Å². The number of anilines is 1. The Kier molecular flexibility index (Phi) is 4.47. The summed E-state index contributed by atoms with van der Waals surface area (Å²) in [6.45, 7) is 1.76. The summed E-state index contributed by atoms with van der Waals surface area (Å²) in [5.74, 6) is -0.404. The monoisotopic (exact) mass is 371 g/mol. The van der Waals surface area contributed by atoms with Crippen LogP contribution in [0.25, 0.3) is 5.69 Å². The summed E-state index contributed by atoms with van der Waals surface area (Å²) in [6.07, 6.45) is 4.83. The zero-order chi connectivity index (χ0) is 19.0. The summed E-state index contributed by atoms with van der Waals surface area (Å²) in [5.41, 5.74) is 2.48. The predicted molar refractivity (Wildman–Crippen MR) is 95.9 cm³/mol. The standard InChI is InChI=1S/C19H19F2N5O/c1-13-9-15(10-20)23-26(13)18-3-2-8-24(19(18)27)17-11-22-25(12-17)16-6-4-14(21)5-7-16/h4-7,9,11-12,18H,2-3,8,10H2,1H3. The molecule has 6 nitrogen and oxygen atoms in total. The van der Waals surface area contributed by atoms with E-state index >= 15 is 0 Å². The molecule has 1 aliphatic rings. The molecule has 1 aromatic carbocycles. The van der Waals surface area contributed by atoms with Crippen LogP contribution < -0.4 is 4.90 Å². The number of nitrogens with zero attached hydrogens (tertiary/aromatic N) is 5. The fourth-order valence-corrected chi connectivity index (χ4v) is 3.46. The Morgan fingerprint density at radius 3 is 2.70 bits per heavy atom. The van der Waals surface area contributed by atoms with Crippen molar-refractivity contribution in [2.45, 2.75) is 32.5 Å². The number of carbonyl (C=O) groups is 1. The molecule has 4 rings (SSSR count). The van der Waals surface area contributed by atoms with Crippen LogP contribution >= 0.6 is 0 Å². The number of carbonyl (C=O) groups excluding carboxylic acids is 1. The van der Waals surface area contributed by atoms with E-state index in [4.69, 9.17) is 0 Å². The van der Waals surface area contributed by atoms with E-state index in [1.165, 1.54) is 12.1 Å². The van der Waals surface area contributed by atoms with Gasteiger partial charge in [0, 0.05) is 12.2 Å². The van der Waals surface area contributed by atoms with E-state index in [2.05, 4.69) is 10.2 Å². The molecular weight excluding hydrogens is 352 g/mol. The second-order valence-electron chi connectivity index (χ2n) is 6.62. The highest BCUT2D eigenvalue weighted by Crippen LogP contribution is 2.28. The quantitative estimate of drug-likeness (QED) is 0.707. The third-order valence-electron chi connectivity index (χ3n) is 4.79. The van der Waals surface area contributed by atoms with Gasteiger partial charge in [-0.2, -0.15) is 10.2 Å². The molecule has 0 aliphatic carbocycles. The van der Waals surface area contributed by atoms with Gasteiger partial charge in [0.2, 0.25) is 0 Å². The van der Waals surface area contributed by atoms with Gasteiger partial charge in [-0.05, 0) is 50.1 Å². The number of rotatable bonds is 4. The molecule has 1 fully saturated rings. The predicted octanol–water partition coefficient (Wildman–Crippen LogP) is 3.35. The summed E-state index contributed by atoms with van der Waals surface area (Å²) in [7, 11) is 0. The molecule has 1 saturated heterocycles. The molecule has 0 radical (unpaired) electrons. The molecule has 1 unspecified atom stereocenters. The largest absolute Gasteiger partial charge is 0.308 e. The molecule has 0 spiro atoms. The summed E-state index contributed by atoms with van der Waals surface area (Å²) < 4.78 is 29.2. The van der Waals surface area contributed by atoms with Crippen molar-refractivity contribution < 1.29 is 13.6 Å². The Morgan fingerprint density at radius 1 is 1.22 bits per heavy atom. The van der Waals surface area contributed by atoms with Crippen molar-refractivity contribution >= 4 is 11.6 Å². The first-order chi connectivity index (χ1) is 13.1. The zero-order valence-corrected chi connectivity index (χ0v) is 14.8. The van der Waals surface area contributed by atoms with E-state index < -0.39 is 12.7 Å². The first-order valence-corrected chi connectivity index (χ1v) is 8.80. The average molecular weight is 371 g/mol. The van der Waals surface area contributed by atoms with Crippen LogP contribution in [0.1, 0.15) is 30.3 Å². The number of piperidine rings is 1. The number of aromatic nitrogens is 4. The first kappa shape index (κ1) is 17.4. The van der Waals surface area contributed by atoms with Gasteiger partial charge in [-0.3, -0.25) is 9.48 Å². The van der Waals surface area contributed by atoms with Gasteiger partial charge in [0.05, 0.1) is 29.5 Å². The average Bonchev–Trinajstić information content (AvgIpc) is 3.29. The number of alkyl halides is 1. The number of hydrogen-bond donors (Lipinski definition) is 0. The van der Waals surface area contributed by atoms with Gasteiger partial charge in [-0.25, -0.2) is 13.5 Å². The second kappa shape index (κ2) is 6.94. The van der Waals surface area contributed by atoms with E-state index in [0.29, 0.717) is 30.0 Å². The van der Waals surface area contributed by atoms with E-state index in [0.717, 1.165) is 12.1 Å². The van der Waals surface area contributed by atoms with Gasteiger partial charge in [0.25, 0.3) is 5.91 Å². The van der Waals surface area contributed by atoms with Crippen molar-refractivity contribution in [1.82, 2.24) is 19.6 Å². The molecule has 0 N–H and O–H groups in total. The number of aryl methyl sites for hydroxylation is 1. The molecule has 140 valence electrons. The van der Waals surface area contributed by atoms with Crippen molar-refractivity contribution in [3.05, 3.63) is 59.9 Å². The third-order valence-corrected chi connectivity index (χ3v) is 4.79. The van der Waals surface area contributed by atoms with Crippen molar-refractivity contribution in [3.63, 3.8) is 0 Å². The fraction of sp³-hybridized carbons (Fsp3) is 0.316. The minimum absolute atomic E-state index is 0.0866. The topological polar surface area (TPSA) is 56.0 Å². The van der Waals surface area contributed by atoms with Crippen molar-refractivity contribution in [3.8, 4) is 5.69 Å². The smallest absolute Gasteiger partial charge is 0.251 e. The lowest BCUT2D eigenvalue weighted by Gasteiger charge is -2.32. The Hall–Kier alpha value is -3.03. The number of amides is 1. The van der Waals surface area contributed by atoms with E-state index in [1.807, 2.05) is 6.92 Å². The highest BCUT2D eigenvalue weighted by molar-refractivity contribution is 5.96. The van der Waals surface area contributed by atoms with Crippen LogP contribution in [0.2, 0.25) is 0 Å². The molecule has 2 aromatic heterocycles. The molecular formula is C19H19F2N5O. The van der Waals surface area contributed by atoms with Crippen LogP contribution in [0.15, 0.2) is 42.7 Å². The van der Waals surface area contributed by atoms with Crippen LogP contribution in [-0.2, 0) is 11.5 Å². The molecule has 27 heavy (non-hydrogen) atoms. The summed E-state index contributed by atoms with van der Waals surface area (Å²) in [5, 5.41) is 8.52. The fourth-order valence-electron chi connectivity index (χ4n) is 3.46. The maximum atomic E-state index is 13.1. The van der Waals surface area contributed by atoms with Crippen molar-refractivity contribution in [2.75, 3.05) is 11.4 Å². The van der Waals surface area contributed by atoms with Gasteiger partial charge in [0.1, 0.15) is 18.5 Å². The molecule has 1 atom stereocenters. The van der Waals surface area contributed by atoms with Crippen LogP contribution in [0.4, 0.5) is 14.5 Å². The Balaban J connectivity index is 1.59. The minimum Gasteiger partial charge on any atom is -0.308 e. The zero-order valence-electron chi connectivity index (χ0n) is 14.8. The first-order valence-electron chi connectivity index (χ1n) is 8.80. The number of hydrogen-bond acceptors (Lipinski definition) is 3. The van der Waals surface area contributed by atoms with Crippen LogP contribution in [0.3, 0.4) is 0 Å². The summed E-state index contributed by atoms with van der Waals surface area (Å²) >= 11 is 0. The Bertz CT molecular complexity index is 963. The third kappa shape index (κ3) is 3.22. The van der Waals surface area contributed by atoms with Gasteiger partial charge >= 0.3 is 0 Å². The van der Waals surface area contributed by atoms with Gasteiger partial charge in [-0.1, -0.05) is 0 Å². The SMILES string of the molecule is Cc1cc(CF)nn1C1CCCN(c2cnn(-c3ccc(F)cc3)c2)C1=O. The Morgan fingerprint density at radius 2 is 2.00 bits per heavy atom. The lowest BCUT2D eigenvalue weighted by Crippen LogP contribution is -2.42. The normalized spacial score (nSPS) is 17.5. The molecule has 0 bridgehead atoms. The molecule has 3 heterocycles. The summed E-state index contributed by atoms with van der Waals surface area (Å²) in [4.78, 5) is 14.7. The lowest BCUT2D eigenvalue weighted by molar-refractivity contribution is -0.123. The highest BCUT2D eigenvalue weighted by atomic mass is 19.1. The Labute approximate surface area is 155 Å². The van der Waals surface area contributed by atoms with Crippen LogP contribution in [0.5, 0.6) is 0 Å². The van der Waals surface area contributed by atoms with E-state index in [9.17, 15) is 13.6 Å². The van der Waals surface area contributed by atoms with Gasteiger partial charge < -0.3 is 4.90 Å². The van der Waals surface area contributed by atoms with E-state index in [1.54, 1.807) is 44.9 Å². The molecule has 0 saturated carbocycles. The van der Waals surface area contributed by atoms with Gasteiger partial charge in [0.15, 0.2) is 0 Å². The highest BCUT2D eigenvalue weighted by Gasteiger charge is 2.33. The maximum Gasteiger partial charge on any atom is 0.251 e. The minimum atomic E-state index is -0.650. The van der Waals surface area contributed by atoms with Crippen molar-refractivity contribution in [1.29, 1.82) is 0 Å².